The first kappa shape index (κ1) is 13.3. The predicted molar refractivity (Wildman–Crippen MR) is 80.3 cm³/mol. The van der Waals surface area contributed by atoms with Crippen molar-refractivity contribution in [3.63, 3.8) is 0 Å². The molecule has 0 aliphatic heterocycles. The molecule has 20 heavy (non-hydrogen) atoms. The maximum Gasteiger partial charge on any atom is 0.123 e. The molecule has 1 aliphatic rings. The third kappa shape index (κ3) is 2.61. The summed E-state index contributed by atoms with van der Waals surface area (Å²) < 4.78 is 13.0. The minimum absolute atomic E-state index is 0.170. The lowest BCUT2D eigenvalue weighted by Crippen LogP contribution is -2.31. The van der Waals surface area contributed by atoms with Crippen molar-refractivity contribution in [2.45, 2.75) is 31.7 Å². The van der Waals surface area contributed by atoms with Crippen molar-refractivity contribution in [3.05, 3.63) is 71.0 Å². The van der Waals surface area contributed by atoms with E-state index in [0.29, 0.717) is 12.0 Å². The van der Waals surface area contributed by atoms with Crippen molar-refractivity contribution in [2.24, 2.45) is 0 Å². The number of hydrogen-bond acceptors (Lipinski definition) is 1. The highest BCUT2D eigenvalue weighted by Gasteiger charge is 2.25. The summed E-state index contributed by atoms with van der Waals surface area (Å²) in [6, 6.07) is 15.8. The average molecular weight is 269 g/mol. The Bertz CT molecular complexity index is 576. The molecule has 0 heterocycles. The molecule has 0 saturated heterocycles. The SMILES string of the molecule is CCC(NCC1Cc2ccccc21)c1ccc(F)cc1. The molecule has 2 heteroatoms. The molecular weight excluding hydrogens is 249 g/mol. The lowest BCUT2D eigenvalue weighted by molar-refractivity contribution is 0.460. The fraction of sp³-hybridized carbons (Fsp3) is 0.333. The molecular formula is C18H20FN. The first-order chi connectivity index (χ1) is 9.78. The van der Waals surface area contributed by atoms with Gasteiger partial charge in [0.2, 0.25) is 0 Å². The molecule has 104 valence electrons. The molecule has 0 amide bonds. The summed E-state index contributed by atoms with van der Waals surface area (Å²) >= 11 is 0. The van der Waals surface area contributed by atoms with Crippen LogP contribution in [0.1, 0.15) is 42.0 Å². The van der Waals surface area contributed by atoms with Crippen molar-refractivity contribution in [3.8, 4) is 0 Å². The van der Waals surface area contributed by atoms with Gasteiger partial charge in [-0.1, -0.05) is 43.3 Å². The smallest absolute Gasteiger partial charge is 0.123 e. The molecule has 0 saturated carbocycles. The Balaban J connectivity index is 1.61. The third-order valence-electron chi connectivity index (χ3n) is 4.25. The first-order valence-electron chi connectivity index (χ1n) is 7.34. The lowest BCUT2D eigenvalue weighted by Gasteiger charge is -2.32. The van der Waals surface area contributed by atoms with E-state index in [1.807, 2.05) is 12.1 Å². The molecule has 2 aromatic rings. The third-order valence-corrected chi connectivity index (χ3v) is 4.25. The molecule has 0 fully saturated rings. The zero-order valence-corrected chi connectivity index (χ0v) is 11.8. The van der Waals surface area contributed by atoms with Crippen LogP contribution in [0, 0.1) is 5.82 Å². The highest BCUT2D eigenvalue weighted by atomic mass is 19.1. The molecule has 0 radical (unpaired) electrons. The molecule has 3 rings (SSSR count). The zero-order chi connectivity index (χ0) is 13.9. The van der Waals surface area contributed by atoms with Gasteiger partial charge in [-0.05, 0) is 41.7 Å². The second-order valence-electron chi connectivity index (χ2n) is 5.52. The molecule has 0 bridgehead atoms. The Labute approximate surface area is 119 Å². The van der Waals surface area contributed by atoms with Crippen LogP contribution < -0.4 is 5.32 Å². The Morgan fingerprint density at radius 2 is 1.90 bits per heavy atom. The van der Waals surface area contributed by atoms with E-state index < -0.39 is 0 Å². The van der Waals surface area contributed by atoms with Gasteiger partial charge in [-0.2, -0.15) is 0 Å². The van der Waals surface area contributed by atoms with Crippen molar-refractivity contribution in [1.29, 1.82) is 0 Å². The van der Waals surface area contributed by atoms with E-state index in [2.05, 4.69) is 36.5 Å². The Morgan fingerprint density at radius 3 is 2.60 bits per heavy atom. The molecule has 2 aromatic carbocycles. The van der Waals surface area contributed by atoms with E-state index in [1.165, 1.54) is 23.1 Å². The largest absolute Gasteiger partial charge is 0.309 e. The van der Waals surface area contributed by atoms with Crippen molar-refractivity contribution < 1.29 is 4.39 Å². The van der Waals surface area contributed by atoms with Crippen LogP contribution in [-0.4, -0.2) is 6.54 Å². The predicted octanol–water partition coefficient (Wildman–Crippen LogP) is 4.21. The van der Waals surface area contributed by atoms with E-state index in [1.54, 1.807) is 12.1 Å². The number of benzene rings is 2. The van der Waals surface area contributed by atoms with Crippen LogP contribution >= 0.6 is 0 Å². The highest BCUT2D eigenvalue weighted by Crippen LogP contribution is 2.34. The van der Waals surface area contributed by atoms with E-state index in [4.69, 9.17) is 0 Å². The van der Waals surface area contributed by atoms with Gasteiger partial charge in [-0.15, -0.1) is 0 Å². The molecule has 2 unspecified atom stereocenters. The molecule has 0 spiro atoms. The Kier molecular flexibility index (Phi) is 3.83. The van der Waals surface area contributed by atoms with E-state index >= 15 is 0 Å². The van der Waals surface area contributed by atoms with Gasteiger partial charge in [0.15, 0.2) is 0 Å². The van der Waals surface area contributed by atoms with Gasteiger partial charge in [0, 0.05) is 18.5 Å². The second kappa shape index (κ2) is 5.76. The summed E-state index contributed by atoms with van der Waals surface area (Å²) in [7, 11) is 0. The molecule has 1 N–H and O–H groups in total. The fourth-order valence-corrected chi connectivity index (χ4v) is 3.02. The van der Waals surface area contributed by atoms with Crippen LogP contribution in [0.4, 0.5) is 4.39 Å². The lowest BCUT2D eigenvalue weighted by atomic mass is 9.77. The minimum Gasteiger partial charge on any atom is -0.309 e. The topological polar surface area (TPSA) is 12.0 Å². The Morgan fingerprint density at radius 1 is 1.15 bits per heavy atom. The van der Waals surface area contributed by atoms with Gasteiger partial charge in [-0.25, -0.2) is 4.39 Å². The maximum atomic E-state index is 13.0. The summed E-state index contributed by atoms with van der Waals surface area (Å²) in [6.45, 7) is 3.16. The molecule has 2 atom stereocenters. The molecule has 1 aliphatic carbocycles. The standard InChI is InChI=1S/C18H20FN/c1-2-18(13-7-9-16(19)10-8-13)20-12-15-11-14-5-3-4-6-17(14)15/h3-10,15,18,20H,2,11-12H2,1H3. The van der Waals surface area contributed by atoms with Crippen LogP contribution in [0.5, 0.6) is 0 Å². The monoisotopic (exact) mass is 269 g/mol. The number of rotatable bonds is 5. The average Bonchev–Trinajstić information content (AvgIpc) is 2.45. The van der Waals surface area contributed by atoms with Gasteiger partial charge in [0.25, 0.3) is 0 Å². The number of fused-ring (bicyclic) bond motifs is 1. The van der Waals surface area contributed by atoms with Crippen LogP contribution in [-0.2, 0) is 6.42 Å². The Hall–Kier alpha value is -1.67. The quantitative estimate of drug-likeness (QED) is 0.857. The number of nitrogens with one attached hydrogen (secondary N) is 1. The first-order valence-corrected chi connectivity index (χ1v) is 7.34. The van der Waals surface area contributed by atoms with Crippen molar-refractivity contribution in [1.82, 2.24) is 5.32 Å². The van der Waals surface area contributed by atoms with Crippen LogP contribution in [0.2, 0.25) is 0 Å². The number of hydrogen-bond donors (Lipinski definition) is 1. The van der Waals surface area contributed by atoms with E-state index in [9.17, 15) is 4.39 Å². The van der Waals surface area contributed by atoms with Gasteiger partial charge in [0.1, 0.15) is 5.82 Å². The van der Waals surface area contributed by atoms with Crippen LogP contribution in [0.25, 0.3) is 0 Å². The summed E-state index contributed by atoms with van der Waals surface area (Å²) in [5, 5.41) is 3.63. The normalized spacial score (nSPS) is 18.2. The maximum absolute atomic E-state index is 13.0. The zero-order valence-electron chi connectivity index (χ0n) is 11.8. The second-order valence-corrected chi connectivity index (χ2v) is 5.52. The highest BCUT2D eigenvalue weighted by molar-refractivity contribution is 5.40. The summed E-state index contributed by atoms with van der Waals surface area (Å²) in [5.74, 6) is 0.456. The minimum atomic E-state index is -0.170. The fourth-order valence-electron chi connectivity index (χ4n) is 3.02. The summed E-state index contributed by atoms with van der Waals surface area (Å²) in [6.07, 6.45) is 2.18. The number of halogens is 1. The van der Waals surface area contributed by atoms with Crippen molar-refractivity contribution in [2.75, 3.05) is 6.54 Å². The summed E-state index contributed by atoms with van der Waals surface area (Å²) in [4.78, 5) is 0. The van der Waals surface area contributed by atoms with Gasteiger partial charge in [0.05, 0.1) is 0 Å². The summed E-state index contributed by atoms with van der Waals surface area (Å²) in [5.41, 5.74) is 4.13. The van der Waals surface area contributed by atoms with Crippen LogP contribution in [0.15, 0.2) is 48.5 Å². The van der Waals surface area contributed by atoms with Crippen LogP contribution in [0.3, 0.4) is 0 Å². The van der Waals surface area contributed by atoms with E-state index in [-0.39, 0.29) is 5.82 Å². The van der Waals surface area contributed by atoms with Gasteiger partial charge < -0.3 is 5.32 Å². The molecule has 1 nitrogen and oxygen atoms in total. The van der Waals surface area contributed by atoms with Gasteiger partial charge in [-0.3, -0.25) is 0 Å². The van der Waals surface area contributed by atoms with Crippen molar-refractivity contribution >= 4 is 0 Å². The van der Waals surface area contributed by atoms with Gasteiger partial charge >= 0.3 is 0 Å². The molecule has 0 aromatic heterocycles. The van der Waals surface area contributed by atoms with E-state index in [0.717, 1.165) is 13.0 Å².